The molecule has 2 fully saturated rings. The Kier molecular flexibility index (Phi) is 6.49. The second-order valence-corrected chi connectivity index (χ2v) is 11.5. The van der Waals surface area contributed by atoms with Crippen LogP contribution in [0.5, 0.6) is 0 Å². The molecule has 192 valence electrons. The summed E-state index contributed by atoms with van der Waals surface area (Å²) < 4.78 is 4.52. The fraction of sp³-hybridized carbons (Fsp3) is 0.438. The number of fused-ring (bicyclic) bond motifs is 1. The Labute approximate surface area is 219 Å². The highest BCUT2D eigenvalue weighted by molar-refractivity contribution is 6.02. The molecule has 2 N–H and O–H groups in total. The Balaban J connectivity index is 1.64. The van der Waals surface area contributed by atoms with Gasteiger partial charge in [0.2, 0.25) is 0 Å². The van der Waals surface area contributed by atoms with Gasteiger partial charge in [0.1, 0.15) is 11.1 Å². The summed E-state index contributed by atoms with van der Waals surface area (Å²) in [7, 11) is 0. The van der Waals surface area contributed by atoms with E-state index >= 15 is 0 Å². The number of nitrogens with one attached hydrogen (secondary N) is 1. The molecule has 2 saturated carbocycles. The van der Waals surface area contributed by atoms with E-state index in [0.717, 1.165) is 54.4 Å². The monoisotopic (exact) mass is 494 g/mol. The van der Waals surface area contributed by atoms with Gasteiger partial charge in [-0.3, -0.25) is 5.41 Å². The van der Waals surface area contributed by atoms with Gasteiger partial charge in [0.25, 0.3) is 0 Å². The van der Waals surface area contributed by atoms with Crippen molar-refractivity contribution in [2.75, 3.05) is 0 Å². The molecule has 0 amide bonds. The summed E-state index contributed by atoms with van der Waals surface area (Å²) >= 11 is 0. The summed E-state index contributed by atoms with van der Waals surface area (Å²) in [6.45, 7) is 3.16. The minimum absolute atomic E-state index is 0.218. The summed E-state index contributed by atoms with van der Waals surface area (Å²) in [5, 5.41) is 20.7. The van der Waals surface area contributed by atoms with Crippen LogP contribution in [0.15, 0.2) is 67.0 Å². The molecule has 0 radical (unpaired) electrons. The standard InChI is InChI=1S/C32H38N4O/c1-32(19-17-26(37)18-20-32)36-22-34-31-28(30(36)33)27(24-13-7-3-8-14-24)29(25-15-9-4-10-16-25)35(31)21-23-11-5-2-6-12-23/h3-4,7-10,13-16,22-23,26,33,37H,2,5-6,11-12,17-21H2,1H3. The van der Waals surface area contributed by atoms with Gasteiger partial charge in [0, 0.05) is 17.6 Å². The van der Waals surface area contributed by atoms with Crippen LogP contribution in [0.3, 0.4) is 0 Å². The molecule has 5 nitrogen and oxygen atoms in total. The second-order valence-electron chi connectivity index (χ2n) is 11.5. The molecule has 2 aromatic heterocycles. The molecule has 4 aromatic rings. The summed E-state index contributed by atoms with van der Waals surface area (Å²) in [5.74, 6) is 0.635. The van der Waals surface area contributed by atoms with E-state index in [1.165, 1.54) is 43.4 Å². The molecule has 0 saturated heterocycles. The molecule has 0 atom stereocenters. The van der Waals surface area contributed by atoms with Crippen molar-refractivity contribution in [1.82, 2.24) is 14.1 Å². The number of benzene rings is 2. The zero-order chi connectivity index (χ0) is 25.4. The first-order valence-electron chi connectivity index (χ1n) is 14.0. The van der Waals surface area contributed by atoms with E-state index in [4.69, 9.17) is 4.98 Å². The molecular weight excluding hydrogens is 456 g/mol. The van der Waals surface area contributed by atoms with Crippen molar-refractivity contribution in [3.8, 4) is 22.4 Å². The van der Waals surface area contributed by atoms with Crippen LogP contribution in [0.25, 0.3) is 33.4 Å². The maximum absolute atomic E-state index is 10.2. The zero-order valence-electron chi connectivity index (χ0n) is 21.9. The number of aromatic nitrogens is 3. The van der Waals surface area contributed by atoms with Gasteiger partial charge < -0.3 is 14.2 Å². The normalized spacial score (nSPS) is 22.9. The fourth-order valence-corrected chi connectivity index (χ4v) is 6.72. The lowest BCUT2D eigenvalue weighted by atomic mass is 9.81. The van der Waals surface area contributed by atoms with E-state index in [9.17, 15) is 10.5 Å². The third-order valence-electron chi connectivity index (χ3n) is 8.90. The minimum atomic E-state index is -0.235. The molecule has 6 rings (SSSR count). The molecule has 2 aliphatic carbocycles. The van der Waals surface area contributed by atoms with Crippen molar-refractivity contribution in [2.45, 2.75) is 82.9 Å². The van der Waals surface area contributed by atoms with Gasteiger partial charge in [-0.05, 0) is 62.5 Å². The molecule has 2 aromatic carbocycles. The Morgan fingerprint density at radius 1 is 0.892 bits per heavy atom. The summed E-state index contributed by atoms with van der Waals surface area (Å²) in [4.78, 5) is 5.12. The third-order valence-corrected chi connectivity index (χ3v) is 8.90. The van der Waals surface area contributed by atoms with E-state index in [2.05, 4.69) is 76.7 Å². The van der Waals surface area contributed by atoms with Crippen LogP contribution in [-0.4, -0.2) is 25.3 Å². The number of nitrogens with zero attached hydrogens (tertiary/aromatic N) is 3. The summed E-state index contributed by atoms with van der Waals surface area (Å²) in [6, 6.07) is 21.2. The third kappa shape index (κ3) is 4.44. The van der Waals surface area contributed by atoms with Crippen LogP contribution in [0, 0.1) is 11.3 Å². The lowest BCUT2D eigenvalue weighted by Crippen LogP contribution is -2.42. The number of hydrogen-bond donors (Lipinski definition) is 2. The first-order valence-corrected chi connectivity index (χ1v) is 14.0. The van der Waals surface area contributed by atoms with Crippen molar-refractivity contribution in [1.29, 1.82) is 5.41 Å². The Bertz CT molecular complexity index is 1420. The Morgan fingerprint density at radius 2 is 1.51 bits per heavy atom. The largest absolute Gasteiger partial charge is 0.393 e. The average molecular weight is 495 g/mol. The van der Waals surface area contributed by atoms with Crippen LogP contribution >= 0.6 is 0 Å². The van der Waals surface area contributed by atoms with Gasteiger partial charge in [-0.1, -0.05) is 79.9 Å². The molecule has 0 aliphatic heterocycles. The van der Waals surface area contributed by atoms with Gasteiger partial charge in [0.15, 0.2) is 0 Å². The Morgan fingerprint density at radius 3 is 2.16 bits per heavy atom. The van der Waals surface area contributed by atoms with Crippen LogP contribution in [-0.2, 0) is 12.1 Å². The smallest absolute Gasteiger partial charge is 0.146 e. The van der Waals surface area contributed by atoms with Gasteiger partial charge in [-0.15, -0.1) is 0 Å². The topological polar surface area (TPSA) is 66.8 Å². The minimum Gasteiger partial charge on any atom is -0.393 e. The maximum Gasteiger partial charge on any atom is 0.146 e. The van der Waals surface area contributed by atoms with Crippen molar-refractivity contribution in [3.05, 3.63) is 72.5 Å². The van der Waals surface area contributed by atoms with E-state index in [-0.39, 0.29) is 11.6 Å². The highest BCUT2D eigenvalue weighted by Crippen LogP contribution is 2.41. The highest BCUT2D eigenvalue weighted by Gasteiger charge is 2.34. The van der Waals surface area contributed by atoms with E-state index in [1.54, 1.807) is 0 Å². The zero-order valence-corrected chi connectivity index (χ0v) is 21.9. The molecule has 0 spiro atoms. The van der Waals surface area contributed by atoms with Crippen LogP contribution in [0.1, 0.15) is 64.7 Å². The fourth-order valence-electron chi connectivity index (χ4n) is 6.72. The van der Waals surface area contributed by atoms with E-state index in [0.29, 0.717) is 11.4 Å². The molecule has 5 heteroatoms. The highest BCUT2D eigenvalue weighted by atomic mass is 16.3. The van der Waals surface area contributed by atoms with Crippen LogP contribution in [0.2, 0.25) is 0 Å². The second kappa shape index (κ2) is 9.94. The van der Waals surface area contributed by atoms with Crippen LogP contribution in [0.4, 0.5) is 0 Å². The SMILES string of the molecule is CC1(n2cnc3c(c(-c4ccccc4)c(-c4ccccc4)n3CC3CCCCC3)c2=N)CCC(O)CC1. The van der Waals surface area contributed by atoms with Crippen LogP contribution < -0.4 is 5.49 Å². The van der Waals surface area contributed by atoms with Gasteiger partial charge in [-0.2, -0.15) is 0 Å². The number of rotatable bonds is 5. The summed E-state index contributed by atoms with van der Waals surface area (Å²) in [6.07, 6.45) is 11.4. The number of hydrogen-bond acceptors (Lipinski definition) is 3. The maximum atomic E-state index is 10.2. The quantitative estimate of drug-likeness (QED) is 0.317. The van der Waals surface area contributed by atoms with Crippen molar-refractivity contribution in [3.63, 3.8) is 0 Å². The van der Waals surface area contributed by atoms with E-state index in [1.807, 2.05) is 6.33 Å². The van der Waals surface area contributed by atoms with Crippen molar-refractivity contribution in [2.24, 2.45) is 5.92 Å². The predicted octanol–water partition coefficient (Wildman–Crippen LogP) is 6.88. The number of aliphatic hydroxyl groups excluding tert-OH is 1. The number of aliphatic hydroxyl groups is 1. The average Bonchev–Trinajstić information content (AvgIpc) is 3.27. The first-order chi connectivity index (χ1) is 18.0. The molecule has 2 heterocycles. The lowest BCUT2D eigenvalue weighted by molar-refractivity contribution is 0.0735. The molecule has 2 aliphatic rings. The predicted molar refractivity (Wildman–Crippen MR) is 149 cm³/mol. The molecule has 37 heavy (non-hydrogen) atoms. The van der Waals surface area contributed by atoms with Gasteiger partial charge >= 0.3 is 0 Å². The van der Waals surface area contributed by atoms with Crippen molar-refractivity contribution < 1.29 is 5.11 Å². The van der Waals surface area contributed by atoms with Gasteiger partial charge in [-0.25, -0.2) is 4.98 Å². The lowest BCUT2D eigenvalue weighted by Gasteiger charge is -2.37. The molecular formula is C32H38N4O. The Hall–Kier alpha value is -3.18. The summed E-state index contributed by atoms with van der Waals surface area (Å²) in [5.41, 5.74) is 5.83. The van der Waals surface area contributed by atoms with Gasteiger partial charge in [0.05, 0.1) is 23.5 Å². The molecule has 0 unspecified atom stereocenters. The molecule has 0 bridgehead atoms. The first kappa shape index (κ1) is 24.2. The van der Waals surface area contributed by atoms with Crippen molar-refractivity contribution >= 4 is 11.0 Å². The van der Waals surface area contributed by atoms with E-state index < -0.39 is 0 Å².